The first-order valence-electron chi connectivity index (χ1n) is 8.13. The van der Waals surface area contributed by atoms with Crippen molar-refractivity contribution in [2.24, 2.45) is 4.99 Å². The number of nitrogens with one attached hydrogen (secondary N) is 2. The normalized spacial score (nSPS) is 10.3. The minimum absolute atomic E-state index is 0. The molecule has 5 N–H and O–H groups in total. The average molecular weight is 343 g/mol. The van der Waals surface area contributed by atoms with E-state index in [0.717, 1.165) is 31.5 Å². The predicted octanol–water partition coefficient (Wildman–Crippen LogP) is 3.14. The molecule has 0 unspecified atom stereocenters. The zero-order chi connectivity index (χ0) is 17.2. The fourth-order valence-electron chi connectivity index (χ4n) is 2.29. The standard InChI is InChI=1S/C19H23N3O2.H2O/c1-2-12-20-17-11-10-16(19(23)22-24)14-18(17)21-13-6-9-15-7-4-3-5-8-15;/h3-5,7-8,10-11,13-14,20,24H,2,6,9,12H2,1H3,(H,22,23);1H2. The summed E-state index contributed by atoms with van der Waals surface area (Å²) in [5.41, 5.74) is 4.85. The van der Waals surface area contributed by atoms with Crippen molar-refractivity contribution in [3.8, 4) is 0 Å². The summed E-state index contributed by atoms with van der Waals surface area (Å²) in [7, 11) is 0. The highest BCUT2D eigenvalue weighted by Gasteiger charge is 2.08. The van der Waals surface area contributed by atoms with Crippen LogP contribution in [0.2, 0.25) is 0 Å². The van der Waals surface area contributed by atoms with E-state index in [9.17, 15) is 4.79 Å². The lowest BCUT2D eigenvalue weighted by molar-refractivity contribution is 0.0706. The van der Waals surface area contributed by atoms with Crippen molar-refractivity contribution in [3.05, 3.63) is 59.7 Å². The fraction of sp³-hybridized carbons (Fsp3) is 0.263. The fourth-order valence-corrected chi connectivity index (χ4v) is 2.29. The van der Waals surface area contributed by atoms with E-state index in [-0.39, 0.29) is 5.48 Å². The molecule has 0 saturated heterocycles. The Morgan fingerprint density at radius 3 is 2.64 bits per heavy atom. The molecule has 25 heavy (non-hydrogen) atoms. The minimum atomic E-state index is -0.544. The van der Waals surface area contributed by atoms with Crippen LogP contribution in [0.5, 0.6) is 0 Å². The van der Waals surface area contributed by atoms with Crippen molar-refractivity contribution in [3.63, 3.8) is 0 Å². The lowest BCUT2D eigenvalue weighted by Gasteiger charge is -2.10. The zero-order valence-corrected chi connectivity index (χ0v) is 14.3. The van der Waals surface area contributed by atoms with Crippen LogP contribution in [-0.2, 0) is 6.42 Å². The number of hydroxylamine groups is 1. The molecule has 0 spiro atoms. The monoisotopic (exact) mass is 343 g/mol. The van der Waals surface area contributed by atoms with E-state index in [1.165, 1.54) is 5.56 Å². The molecule has 0 aromatic heterocycles. The molecule has 6 nitrogen and oxygen atoms in total. The zero-order valence-electron chi connectivity index (χ0n) is 14.3. The highest BCUT2D eigenvalue weighted by molar-refractivity contribution is 5.95. The number of anilines is 1. The van der Waals surface area contributed by atoms with Gasteiger partial charge in [0, 0.05) is 18.3 Å². The van der Waals surface area contributed by atoms with Crippen molar-refractivity contribution < 1.29 is 15.5 Å². The summed E-state index contributed by atoms with van der Waals surface area (Å²) in [4.78, 5) is 16.1. The second-order valence-electron chi connectivity index (χ2n) is 5.44. The molecule has 2 rings (SSSR count). The second-order valence-corrected chi connectivity index (χ2v) is 5.44. The Bertz CT molecular complexity index is 688. The Morgan fingerprint density at radius 1 is 1.20 bits per heavy atom. The van der Waals surface area contributed by atoms with Gasteiger partial charge in [0.15, 0.2) is 0 Å². The van der Waals surface area contributed by atoms with Crippen LogP contribution in [0, 0.1) is 0 Å². The summed E-state index contributed by atoms with van der Waals surface area (Å²) >= 11 is 0. The Hall–Kier alpha value is -2.70. The van der Waals surface area contributed by atoms with Crippen LogP contribution in [0.15, 0.2) is 53.5 Å². The smallest absolute Gasteiger partial charge is 0.274 e. The molecule has 0 atom stereocenters. The maximum absolute atomic E-state index is 11.6. The van der Waals surface area contributed by atoms with Crippen LogP contribution < -0.4 is 10.8 Å². The Kier molecular flexibility index (Phi) is 8.92. The molecular weight excluding hydrogens is 318 g/mol. The first-order valence-corrected chi connectivity index (χ1v) is 8.13. The second kappa shape index (κ2) is 11.0. The Balaban J connectivity index is 0.00000312. The minimum Gasteiger partial charge on any atom is -0.412 e. The van der Waals surface area contributed by atoms with E-state index in [0.29, 0.717) is 11.3 Å². The van der Waals surface area contributed by atoms with E-state index < -0.39 is 5.91 Å². The Morgan fingerprint density at radius 2 is 1.96 bits per heavy atom. The van der Waals surface area contributed by atoms with Crippen LogP contribution >= 0.6 is 0 Å². The van der Waals surface area contributed by atoms with Gasteiger partial charge in [0.25, 0.3) is 5.91 Å². The maximum Gasteiger partial charge on any atom is 0.274 e. The third-order valence-electron chi connectivity index (χ3n) is 3.56. The van der Waals surface area contributed by atoms with Crippen LogP contribution in [0.3, 0.4) is 0 Å². The molecule has 2 aromatic rings. The molecule has 0 aliphatic carbocycles. The maximum atomic E-state index is 11.6. The quantitative estimate of drug-likeness (QED) is 0.389. The highest BCUT2D eigenvalue weighted by atomic mass is 16.5. The third-order valence-corrected chi connectivity index (χ3v) is 3.56. The molecule has 0 bridgehead atoms. The molecular formula is C19H25N3O3. The summed E-state index contributed by atoms with van der Waals surface area (Å²) < 4.78 is 0. The van der Waals surface area contributed by atoms with Crippen LogP contribution in [0.25, 0.3) is 0 Å². The highest BCUT2D eigenvalue weighted by Crippen LogP contribution is 2.26. The lowest BCUT2D eigenvalue weighted by Crippen LogP contribution is -2.18. The first kappa shape index (κ1) is 20.3. The predicted molar refractivity (Wildman–Crippen MR) is 101 cm³/mol. The largest absolute Gasteiger partial charge is 0.412 e. The summed E-state index contributed by atoms with van der Waals surface area (Å²) in [5.74, 6) is -0.544. The van der Waals surface area contributed by atoms with Crippen molar-refractivity contribution in [1.82, 2.24) is 5.48 Å². The van der Waals surface area contributed by atoms with E-state index in [2.05, 4.69) is 29.4 Å². The molecule has 0 radical (unpaired) electrons. The number of hydrogen-bond acceptors (Lipinski definition) is 4. The molecule has 0 aliphatic heterocycles. The van der Waals surface area contributed by atoms with Crippen LogP contribution in [0.4, 0.5) is 11.4 Å². The number of nitrogens with zero attached hydrogens (tertiary/aromatic N) is 1. The van der Waals surface area contributed by atoms with Gasteiger partial charge in [-0.05, 0) is 43.0 Å². The van der Waals surface area contributed by atoms with E-state index in [1.807, 2.05) is 30.5 Å². The van der Waals surface area contributed by atoms with E-state index in [4.69, 9.17) is 5.21 Å². The number of hydrogen-bond donors (Lipinski definition) is 3. The molecule has 134 valence electrons. The van der Waals surface area contributed by atoms with Crippen LogP contribution in [-0.4, -0.2) is 29.3 Å². The summed E-state index contributed by atoms with van der Waals surface area (Å²) in [6.07, 6.45) is 4.59. The van der Waals surface area contributed by atoms with Gasteiger partial charge in [-0.25, -0.2) is 5.48 Å². The van der Waals surface area contributed by atoms with Gasteiger partial charge in [0.2, 0.25) is 0 Å². The number of carbonyl (C=O) groups is 1. The van der Waals surface area contributed by atoms with Crippen molar-refractivity contribution in [1.29, 1.82) is 0 Å². The topological polar surface area (TPSA) is 105 Å². The number of rotatable bonds is 8. The van der Waals surface area contributed by atoms with Crippen LogP contribution in [0.1, 0.15) is 35.7 Å². The number of amides is 1. The van der Waals surface area contributed by atoms with E-state index in [1.54, 1.807) is 17.6 Å². The van der Waals surface area contributed by atoms with Gasteiger partial charge < -0.3 is 10.8 Å². The van der Waals surface area contributed by atoms with Gasteiger partial charge in [0.05, 0.1) is 11.4 Å². The first-order chi connectivity index (χ1) is 11.7. The molecule has 2 aromatic carbocycles. The van der Waals surface area contributed by atoms with Gasteiger partial charge in [0.1, 0.15) is 0 Å². The number of carbonyl (C=O) groups excluding carboxylic acids is 1. The van der Waals surface area contributed by atoms with Gasteiger partial charge in [-0.1, -0.05) is 37.3 Å². The molecule has 0 saturated carbocycles. The summed E-state index contributed by atoms with van der Waals surface area (Å²) in [6.45, 7) is 2.92. The summed E-state index contributed by atoms with van der Waals surface area (Å²) in [5, 5.41) is 12.1. The van der Waals surface area contributed by atoms with Gasteiger partial charge in [-0.3, -0.25) is 15.0 Å². The molecule has 6 heteroatoms. The Labute approximate surface area is 147 Å². The molecule has 1 amide bonds. The van der Waals surface area contributed by atoms with Crippen molar-refractivity contribution >= 4 is 23.5 Å². The number of benzene rings is 2. The van der Waals surface area contributed by atoms with Gasteiger partial charge in [-0.15, -0.1) is 0 Å². The lowest BCUT2D eigenvalue weighted by atomic mass is 10.1. The average Bonchev–Trinajstić information content (AvgIpc) is 2.64. The van der Waals surface area contributed by atoms with Crippen molar-refractivity contribution in [2.75, 3.05) is 11.9 Å². The van der Waals surface area contributed by atoms with E-state index >= 15 is 0 Å². The summed E-state index contributed by atoms with van der Waals surface area (Å²) in [6, 6.07) is 15.4. The molecule has 0 fully saturated rings. The number of aliphatic imine (C=N–C) groups is 1. The van der Waals surface area contributed by atoms with Gasteiger partial charge in [-0.2, -0.15) is 0 Å². The van der Waals surface area contributed by atoms with Crippen molar-refractivity contribution in [2.45, 2.75) is 26.2 Å². The molecule has 0 heterocycles. The SMILES string of the molecule is CCCNc1ccc(C(=O)NO)cc1N=CCCc1ccccc1.O. The van der Waals surface area contributed by atoms with Gasteiger partial charge >= 0.3 is 0 Å². The third kappa shape index (κ3) is 6.37. The number of aryl methyl sites for hydroxylation is 1. The molecule has 0 aliphatic rings.